The highest BCUT2D eigenvalue weighted by Crippen LogP contribution is 2.41. The summed E-state index contributed by atoms with van der Waals surface area (Å²) in [6, 6.07) is 15.1. The van der Waals surface area contributed by atoms with Crippen LogP contribution in [0.5, 0.6) is 0 Å². The van der Waals surface area contributed by atoms with E-state index < -0.39 is 12.0 Å². The van der Waals surface area contributed by atoms with E-state index in [9.17, 15) is 9.59 Å². The minimum absolute atomic E-state index is 0.0535. The minimum Gasteiger partial charge on any atom is -0.444 e. The fourth-order valence-corrected chi connectivity index (χ4v) is 6.09. The van der Waals surface area contributed by atoms with Crippen LogP contribution in [0.25, 0.3) is 16.9 Å². The molecule has 2 aliphatic heterocycles. The molecule has 2 amide bonds. The summed E-state index contributed by atoms with van der Waals surface area (Å²) in [7, 11) is 0. The van der Waals surface area contributed by atoms with Crippen LogP contribution in [0.2, 0.25) is 0 Å². The predicted molar refractivity (Wildman–Crippen MR) is 149 cm³/mol. The van der Waals surface area contributed by atoms with Gasteiger partial charge in [-0.15, -0.1) is 0 Å². The largest absolute Gasteiger partial charge is 0.444 e. The molecule has 41 heavy (non-hydrogen) atoms. The van der Waals surface area contributed by atoms with Crippen molar-refractivity contribution in [3.63, 3.8) is 0 Å². The lowest BCUT2D eigenvalue weighted by Gasteiger charge is -2.35. The molecule has 1 saturated carbocycles. The summed E-state index contributed by atoms with van der Waals surface area (Å²) in [5.74, 6) is -0.0290. The van der Waals surface area contributed by atoms with Crippen molar-refractivity contribution in [3.05, 3.63) is 77.0 Å². The van der Waals surface area contributed by atoms with Crippen LogP contribution in [0.1, 0.15) is 65.5 Å². The van der Waals surface area contributed by atoms with Crippen LogP contribution in [0, 0.1) is 5.95 Å². The van der Waals surface area contributed by atoms with Gasteiger partial charge < -0.3 is 20.3 Å². The molecule has 1 aromatic carbocycles. The lowest BCUT2D eigenvalue weighted by atomic mass is 9.93. The molecule has 0 spiro atoms. The summed E-state index contributed by atoms with van der Waals surface area (Å²) in [6.07, 6.45) is 2.26. The number of amides is 2. The highest BCUT2D eigenvalue weighted by atomic mass is 19.1. The van der Waals surface area contributed by atoms with Crippen molar-refractivity contribution in [2.45, 2.75) is 50.7 Å². The Labute approximate surface area is 235 Å². The average molecular weight is 556 g/mol. The van der Waals surface area contributed by atoms with Crippen molar-refractivity contribution in [1.82, 2.24) is 24.5 Å². The SMILES string of the molecule is C[C@@H]1c2ccccc2CCN1C(=O)c1cc(C2CC2)n2nc(-c3ccc(N4CCC(OC(N)=O)C4)nc3F)cc2n1. The lowest BCUT2D eigenvalue weighted by Crippen LogP contribution is -2.39. The van der Waals surface area contributed by atoms with Gasteiger partial charge >= 0.3 is 6.09 Å². The zero-order valence-electron chi connectivity index (χ0n) is 22.7. The van der Waals surface area contributed by atoms with Gasteiger partial charge in [0.25, 0.3) is 5.91 Å². The Kier molecular flexibility index (Phi) is 6.09. The standard InChI is InChI=1S/C30H30FN7O3/c1-17-21-5-3-2-4-18(21)10-13-37(17)29(39)24-14-25(19-6-7-19)38-27(33-24)15-23(35-38)22-8-9-26(34-28(22)31)36-12-11-20(16-36)41-30(32)40/h2-5,8-9,14-15,17,19-20H,6-7,10-13,16H2,1H3,(H2,32,40)/t17-,20?/m1/s1. The Morgan fingerprint density at radius 3 is 2.66 bits per heavy atom. The molecule has 5 heterocycles. The third-order valence-electron chi connectivity index (χ3n) is 8.39. The number of rotatable bonds is 5. The number of nitrogens with zero attached hydrogens (tertiary/aromatic N) is 6. The molecule has 210 valence electrons. The molecule has 0 radical (unpaired) electrons. The number of nitrogens with two attached hydrogens (primary N) is 1. The van der Waals surface area contributed by atoms with Crippen LogP contribution in [-0.4, -0.2) is 62.2 Å². The Morgan fingerprint density at radius 2 is 1.88 bits per heavy atom. The number of pyridine rings is 1. The maximum atomic E-state index is 15.3. The van der Waals surface area contributed by atoms with E-state index in [1.165, 1.54) is 11.1 Å². The van der Waals surface area contributed by atoms with Crippen molar-refractivity contribution < 1.29 is 18.7 Å². The van der Waals surface area contributed by atoms with Gasteiger partial charge in [0.2, 0.25) is 5.95 Å². The summed E-state index contributed by atoms with van der Waals surface area (Å²) >= 11 is 0. The molecule has 0 bridgehead atoms. The van der Waals surface area contributed by atoms with Crippen molar-refractivity contribution in [2.24, 2.45) is 5.73 Å². The second-order valence-corrected chi connectivity index (χ2v) is 11.1. The summed E-state index contributed by atoms with van der Waals surface area (Å²) in [5, 5.41) is 4.70. The van der Waals surface area contributed by atoms with E-state index in [1.54, 1.807) is 22.7 Å². The lowest BCUT2D eigenvalue weighted by molar-refractivity contribution is 0.0671. The molecule has 1 aliphatic carbocycles. The molecule has 4 aromatic rings. The number of fused-ring (bicyclic) bond motifs is 2. The summed E-state index contributed by atoms with van der Waals surface area (Å²) in [4.78, 5) is 37.4. The monoisotopic (exact) mass is 555 g/mol. The number of halogens is 1. The Bertz CT molecular complexity index is 1680. The topological polar surface area (TPSA) is 119 Å². The molecule has 1 unspecified atom stereocenters. The van der Waals surface area contributed by atoms with E-state index in [0.29, 0.717) is 48.9 Å². The molecule has 7 rings (SSSR count). The normalized spacial score (nSPS) is 20.3. The van der Waals surface area contributed by atoms with E-state index in [2.05, 4.69) is 24.0 Å². The van der Waals surface area contributed by atoms with Gasteiger partial charge in [0, 0.05) is 37.2 Å². The zero-order chi connectivity index (χ0) is 28.2. The molecule has 2 fully saturated rings. The molecular formula is C30H30FN7O3. The predicted octanol–water partition coefficient (Wildman–Crippen LogP) is 4.24. The number of hydrogen-bond acceptors (Lipinski definition) is 7. The van der Waals surface area contributed by atoms with Gasteiger partial charge in [-0.1, -0.05) is 24.3 Å². The van der Waals surface area contributed by atoms with E-state index >= 15 is 4.39 Å². The maximum absolute atomic E-state index is 15.3. The average Bonchev–Trinajstić information content (AvgIpc) is 3.55. The summed E-state index contributed by atoms with van der Waals surface area (Å²) in [5.41, 5.74) is 10.0. The number of benzene rings is 1. The molecule has 1 saturated heterocycles. The van der Waals surface area contributed by atoms with Gasteiger partial charge in [-0.25, -0.2) is 19.3 Å². The van der Waals surface area contributed by atoms with E-state index in [1.807, 2.05) is 28.0 Å². The fraction of sp³-hybridized carbons (Fsp3) is 0.367. The van der Waals surface area contributed by atoms with Crippen molar-refractivity contribution in [1.29, 1.82) is 0 Å². The highest BCUT2D eigenvalue weighted by molar-refractivity contribution is 5.93. The first kappa shape index (κ1) is 25.4. The van der Waals surface area contributed by atoms with Crippen molar-refractivity contribution >= 4 is 23.5 Å². The van der Waals surface area contributed by atoms with Crippen LogP contribution in [-0.2, 0) is 11.2 Å². The number of anilines is 1. The quantitative estimate of drug-likeness (QED) is 0.366. The number of carbonyl (C=O) groups excluding carboxylic acids is 2. The second kappa shape index (κ2) is 9.83. The number of hydrogen-bond donors (Lipinski definition) is 1. The van der Waals surface area contributed by atoms with Crippen LogP contribution < -0.4 is 10.6 Å². The minimum atomic E-state index is -0.821. The summed E-state index contributed by atoms with van der Waals surface area (Å²) in [6.45, 7) is 3.66. The molecule has 10 nitrogen and oxygen atoms in total. The number of aromatic nitrogens is 4. The first-order valence-electron chi connectivity index (χ1n) is 14.0. The highest BCUT2D eigenvalue weighted by Gasteiger charge is 2.33. The number of primary amides is 1. The maximum Gasteiger partial charge on any atom is 0.404 e. The molecule has 2 atom stereocenters. The summed E-state index contributed by atoms with van der Waals surface area (Å²) < 4.78 is 22.1. The van der Waals surface area contributed by atoms with Crippen molar-refractivity contribution in [3.8, 4) is 11.3 Å². The van der Waals surface area contributed by atoms with Gasteiger partial charge in [-0.2, -0.15) is 9.49 Å². The Morgan fingerprint density at radius 1 is 1.05 bits per heavy atom. The smallest absolute Gasteiger partial charge is 0.404 e. The molecule has 3 aliphatic rings. The first-order chi connectivity index (χ1) is 19.9. The molecular weight excluding hydrogens is 525 g/mol. The van der Waals surface area contributed by atoms with Crippen molar-refractivity contribution in [2.75, 3.05) is 24.5 Å². The van der Waals surface area contributed by atoms with Crippen LogP contribution in [0.3, 0.4) is 0 Å². The van der Waals surface area contributed by atoms with Gasteiger partial charge in [0.15, 0.2) is 5.65 Å². The van der Waals surface area contributed by atoms with Gasteiger partial charge in [0.1, 0.15) is 17.6 Å². The third kappa shape index (κ3) is 4.64. The van der Waals surface area contributed by atoms with Gasteiger partial charge in [-0.05, 0) is 55.5 Å². The van der Waals surface area contributed by atoms with Gasteiger partial charge in [0.05, 0.1) is 23.8 Å². The Hall–Kier alpha value is -4.54. The van der Waals surface area contributed by atoms with Crippen LogP contribution >= 0.6 is 0 Å². The third-order valence-corrected chi connectivity index (χ3v) is 8.39. The first-order valence-corrected chi connectivity index (χ1v) is 14.0. The zero-order valence-corrected chi connectivity index (χ0v) is 22.7. The van der Waals surface area contributed by atoms with Crippen LogP contribution in [0.15, 0.2) is 48.5 Å². The van der Waals surface area contributed by atoms with E-state index in [0.717, 1.165) is 25.0 Å². The number of ether oxygens (including phenoxy) is 1. The second-order valence-electron chi connectivity index (χ2n) is 11.1. The fourth-order valence-electron chi connectivity index (χ4n) is 6.09. The number of carbonyl (C=O) groups is 2. The van der Waals surface area contributed by atoms with Gasteiger partial charge in [-0.3, -0.25) is 4.79 Å². The molecule has 11 heteroatoms. The molecule has 2 N–H and O–H groups in total. The Balaban J connectivity index is 1.18. The van der Waals surface area contributed by atoms with E-state index in [4.69, 9.17) is 20.6 Å². The molecule has 3 aromatic heterocycles. The van der Waals surface area contributed by atoms with E-state index in [-0.39, 0.29) is 29.5 Å². The van der Waals surface area contributed by atoms with Crippen LogP contribution in [0.4, 0.5) is 15.0 Å².